The number of aliphatic carboxylic acids is 1. The molecule has 1 aromatic carbocycles. The molecule has 2 rings (SSSR count). The summed E-state index contributed by atoms with van der Waals surface area (Å²) >= 11 is 0. The van der Waals surface area contributed by atoms with Crippen LogP contribution in [0.2, 0.25) is 0 Å². The smallest absolute Gasteiger partial charge is 0.306 e. The Balaban J connectivity index is 2.08. The number of carboxylic acid groups (broad SMARTS) is 1. The molecular weight excluding hydrogens is 270 g/mol. The van der Waals surface area contributed by atoms with Gasteiger partial charge in [-0.2, -0.15) is 0 Å². The van der Waals surface area contributed by atoms with E-state index in [1.807, 2.05) is 18.2 Å². The monoisotopic (exact) mass is 293 g/mol. The molecule has 0 saturated carbocycles. The van der Waals surface area contributed by atoms with Crippen molar-refractivity contribution in [3.63, 3.8) is 0 Å². The zero-order valence-electron chi connectivity index (χ0n) is 12.8. The molecule has 116 valence electrons. The second-order valence-corrected chi connectivity index (χ2v) is 5.61. The van der Waals surface area contributed by atoms with Gasteiger partial charge in [0, 0.05) is 19.2 Å². The van der Waals surface area contributed by atoms with E-state index in [-0.39, 0.29) is 5.92 Å². The Morgan fingerprint density at radius 1 is 1.43 bits per heavy atom. The van der Waals surface area contributed by atoms with E-state index in [0.29, 0.717) is 5.92 Å². The average Bonchev–Trinajstić information content (AvgIpc) is 2.94. The highest BCUT2D eigenvalue weighted by molar-refractivity contribution is 5.69. The van der Waals surface area contributed by atoms with Crippen molar-refractivity contribution in [2.45, 2.75) is 19.8 Å². The van der Waals surface area contributed by atoms with Gasteiger partial charge in [-0.3, -0.25) is 4.79 Å². The molecule has 0 radical (unpaired) electrons. The summed E-state index contributed by atoms with van der Waals surface area (Å²) in [6, 6.07) is 5.76. The van der Waals surface area contributed by atoms with Gasteiger partial charge in [0.1, 0.15) is 11.5 Å². The number of ether oxygens (including phenoxy) is 2. The molecule has 0 aromatic heterocycles. The van der Waals surface area contributed by atoms with Crippen molar-refractivity contribution in [3.8, 4) is 11.5 Å². The molecular formula is C16H23NO4. The molecule has 0 amide bonds. The maximum absolute atomic E-state index is 11.0. The third-order valence-corrected chi connectivity index (χ3v) is 4.12. The van der Waals surface area contributed by atoms with Gasteiger partial charge in [0.2, 0.25) is 0 Å². The second kappa shape index (κ2) is 6.70. The predicted octanol–water partition coefficient (Wildman–Crippen LogP) is 2.64. The fourth-order valence-electron chi connectivity index (χ4n) is 2.89. The summed E-state index contributed by atoms with van der Waals surface area (Å²) < 4.78 is 10.7. The van der Waals surface area contributed by atoms with Gasteiger partial charge < -0.3 is 19.5 Å². The molecule has 1 fully saturated rings. The van der Waals surface area contributed by atoms with E-state index >= 15 is 0 Å². The van der Waals surface area contributed by atoms with Crippen LogP contribution in [0.15, 0.2) is 18.2 Å². The first kappa shape index (κ1) is 15.5. The molecule has 2 unspecified atom stereocenters. The average molecular weight is 293 g/mol. The molecule has 1 aromatic rings. The van der Waals surface area contributed by atoms with Crippen molar-refractivity contribution in [1.29, 1.82) is 0 Å². The van der Waals surface area contributed by atoms with E-state index in [1.165, 1.54) is 0 Å². The van der Waals surface area contributed by atoms with Crippen molar-refractivity contribution >= 4 is 11.7 Å². The predicted molar refractivity (Wildman–Crippen MR) is 81.3 cm³/mol. The van der Waals surface area contributed by atoms with Crippen LogP contribution in [0.3, 0.4) is 0 Å². The van der Waals surface area contributed by atoms with Crippen LogP contribution < -0.4 is 14.4 Å². The van der Waals surface area contributed by atoms with Crippen LogP contribution in [0.5, 0.6) is 11.5 Å². The van der Waals surface area contributed by atoms with Crippen LogP contribution in [0.1, 0.15) is 19.8 Å². The molecule has 1 heterocycles. The third-order valence-electron chi connectivity index (χ3n) is 4.12. The Bertz CT molecular complexity index is 503. The zero-order valence-corrected chi connectivity index (χ0v) is 12.8. The Hall–Kier alpha value is -1.91. The van der Waals surface area contributed by atoms with E-state index in [2.05, 4.69) is 4.90 Å². The topological polar surface area (TPSA) is 59.0 Å². The van der Waals surface area contributed by atoms with Crippen LogP contribution in [-0.2, 0) is 4.79 Å². The first-order chi connectivity index (χ1) is 10.0. The first-order valence-electron chi connectivity index (χ1n) is 7.25. The van der Waals surface area contributed by atoms with Crippen LogP contribution >= 0.6 is 0 Å². The normalized spacial score (nSPS) is 19.4. The number of benzene rings is 1. The van der Waals surface area contributed by atoms with E-state index < -0.39 is 5.97 Å². The van der Waals surface area contributed by atoms with E-state index in [1.54, 1.807) is 21.1 Å². The number of nitrogens with zero attached hydrogens (tertiary/aromatic N) is 1. The summed E-state index contributed by atoms with van der Waals surface area (Å²) in [6.45, 7) is 3.55. The van der Waals surface area contributed by atoms with Crippen molar-refractivity contribution < 1.29 is 19.4 Å². The van der Waals surface area contributed by atoms with Gasteiger partial charge in [-0.15, -0.1) is 0 Å². The summed E-state index contributed by atoms with van der Waals surface area (Å²) in [5.74, 6) is 1.03. The van der Waals surface area contributed by atoms with E-state index in [4.69, 9.17) is 14.6 Å². The largest absolute Gasteiger partial charge is 0.497 e. The van der Waals surface area contributed by atoms with Crippen molar-refractivity contribution in [1.82, 2.24) is 0 Å². The first-order valence-corrected chi connectivity index (χ1v) is 7.25. The molecule has 1 aliphatic rings. The number of hydrogen-bond donors (Lipinski definition) is 1. The molecule has 1 aliphatic heterocycles. The fraction of sp³-hybridized carbons (Fsp3) is 0.562. The summed E-state index contributed by atoms with van der Waals surface area (Å²) in [5, 5.41) is 9.03. The van der Waals surface area contributed by atoms with Crippen LogP contribution in [0.4, 0.5) is 5.69 Å². The van der Waals surface area contributed by atoms with Crippen molar-refractivity contribution in [2.75, 3.05) is 32.2 Å². The molecule has 0 spiro atoms. The highest BCUT2D eigenvalue weighted by Crippen LogP contribution is 2.36. The lowest BCUT2D eigenvalue weighted by atomic mass is 9.95. The minimum atomic E-state index is -0.715. The molecule has 0 bridgehead atoms. The van der Waals surface area contributed by atoms with Crippen molar-refractivity contribution in [2.24, 2.45) is 11.8 Å². The lowest BCUT2D eigenvalue weighted by molar-refractivity contribution is -0.141. The molecule has 5 heteroatoms. The molecule has 5 nitrogen and oxygen atoms in total. The maximum Gasteiger partial charge on any atom is 0.306 e. The Morgan fingerprint density at radius 3 is 2.81 bits per heavy atom. The van der Waals surface area contributed by atoms with Gasteiger partial charge >= 0.3 is 5.97 Å². The second-order valence-electron chi connectivity index (χ2n) is 5.61. The van der Waals surface area contributed by atoms with E-state index in [0.717, 1.165) is 43.1 Å². The van der Waals surface area contributed by atoms with Gasteiger partial charge in [0.25, 0.3) is 0 Å². The highest BCUT2D eigenvalue weighted by Gasteiger charge is 2.27. The summed E-state index contributed by atoms with van der Waals surface area (Å²) in [4.78, 5) is 13.2. The summed E-state index contributed by atoms with van der Waals surface area (Å²) in [7, 11) is 3.30. The van der Waals surface area contributed by atoms with Crippen LogP contribution in [0.25, 0.3) is 0 Å². The summed E-state index contributed by atoms with van der Waals surface area (Å²) in [6.07, 6.45) is 1.73. The number of anilines is 1. The van der Waals surface area contributed by atoms with Gasteiger partial charge in [-0.1, -0.05) is 6.92 Å². The Kier molecular flexibility index (Phi) is 4.94. The Morgan fingerprint density at radius 2 is 2.19 bits per heavy atom. The van der Waals surface area contributed by atoms with Gasteiger partial charge in [0.05, 0.1) is 25.8 Å². The number of hydrogen-bond acceptors (Lipinski definition) is 4. The summed E-state index contributed by atoms with van der Waals surface area (Å²) in [5.41, 5.74) is 1.02. The molecule has 1 N–H and O–H groups in total. The quantitative estimate of drug-likeness (QED) is 0.873. The lowest BCUT2D eigenvalue weighted by Gasteiger charge is -2.22. The third kappa shape index (κ3) is 3.60. The number of methoxy groups -OCH3 is 2. The minimum absolute atomic E-state index is 0.290. The molecule has 1 saturated heterocycles. The SMILES string of the molecule is COc1ccc(OC)c(N2CCC(CC(C)C(=O)O)C2)c1. The van der Waals surface area contributed by atoms with Crippen LogP contribution in [0, 0.1) is 11.8 Å². The number of carboxylic acids is 1. The maximum atomic E-state index is 11.0. The Labute approximate surface area is 125 Å². The zero-order chi connectivity index (χ0) is 15.4. The molecule has 2 atom stereocenters. The number of carbonyl (C=O) groups is 1. The standard InChI is InChI=1S/C16H23NO4/c1-11(16(18)19)8-12-6-7-17(10-12)14-9-13(20-2)4-5-15(14)21-3/h4-5,9,11-12H,6-8,10H2,1-3H3,(H,18,19). The highest BCUT2D eigenvalue weighted by atomic mass is 16.5. The lowest BCUT2D eigenvalue weighted by Crippen LogP contribution is -2.22. The van der Waals surface area contributed by atoms with Gasteiger partial charge in [-0.05, 0) is 30.9 Å². The molecule has 0 aliphatic carbocycles. The van der Waals surface area contributed by atoms with E-state index in [9.17, 15) is 4.79 Å². The fourth-order valence-corrected chi connectivity index (χ4v) is 2.89. The van der Waals surface area contributed by atoms with Gasteiger partial charge in [0.15, 0.2) is 0 Å². The van der Waals surface area contributed by atoms with Gasteiger partial charge in [-0.25, -0.2) is 0 Å². The number of rotatable bonds is 6. The molecule has 21 heavy (non-hydrogen) atoms. The van der Waals surface area contributed by atoms with Crippen molar-refractivity contribution in [3.05, 3.63) is 18.2 Å². The van der Waals surface area contributed by atoms with Crippen LogP contribution in [-0.4, -0.2) is 38.4 Å². The minimum Gasteiger partial charge on any atom is -0.497 e.